The van der Waals surface area contributed by atoms with Crippen LogP contribution in [0.5, 0.6) is 5.75 Å². The van der Waals surface area contributed by atoms with Gasteiger partial charge in [0.05, 0.1) is 13.5 Å². The zero-order chi connectivity index (χ0) is 14.5. The molecule has 1 aromatic rings. The first kappa shape index (κ1) is 15.8. The van der Waals surface area contributed by atoms with Gasteiger partial charge in [-0.25, -0.2) is 0 Å². The van der Waals surface area contributed by atoms with E-state index in [1.165, 1.54) is 0 Å². The highest BCUT2D eigenvalue weighted by atomic mass is 19.4. The third kappa shape index (κ3) is 6.47. The Bertz CT molecular complexity index is 375. The van der Waals surface area contributed by atoms with Gasteiger partial charge in [-0.2, -0.15) is 13.2 Å². The Morgan fingerprint density at radius 3 is 2.16 bits per heavy atom. The summed E-state index contributed by atoms with van der Waals surface area (Å²) in [6.45, 7) is 3.44. The quantitative estimate of drug-likeness (QED) is 0.857. The van der Waals surface area contributed by atoms with E-state index in [0.29, 0.717) is 6.42 Å². The lowest BCUT2D eigenvalue weighted by Crippen LogP contribution is -2.38. The van der Waals surface area contributed by atoms with E-state index in [-0.39, 0.29) is 6.04 Å². The smallest absolute Gasteiger partial charge is 0.390 e. The van der Waals surface area contributed by atoms with Gasteiger partial charge in [0, 0.05) is 12.1 Å². The van der Waals surface area contributed by atoms with E-state index in [2.05, 4.69) is 5.32 Å². The number of rotatable bonds is 6. The molecule has 5 heteroatoms. The van der Waals surface area contributed by atoms with Gasteiger partial charge in [0.2, 0.25) is 0 Å². The van der Waals surface area contributed by atoms with Gasteiger partial charge in [-0.05, 0) is 38.0 Å². The third-order valence-electron chi connectivity index (χ3n) is 2.81. The molecule has 1 rings (SSSR count). The van der Waals surface area contributed by atoms with Gasteiger partial charge in [-0.1, -0.05) is 12.1 Å². The number of hydrogen-bond donors (Lipinski definition) is 1. The number of hydrogen-bond acceptors (Lipinski definition) is 2. The molecule has 19 heavy (non-hydrogen) atoms. The zero-order valence-electron chi connectivity index (χ0n) is 11.4. The number of benzene rings is 1. The highest BCUT2D eigenvalue weighted by Gasteiger charge is 2.30. The van der Waals surface area contributed by atoms with Crippen molar-refractivity contribution in [2.24, 2.45) is 0 Å². The molecule has 2 unspecified atom stereocenters. The van der Waals surface area contributed by atoms with E-state index in [9.17, 15) is 13.2 Å². The lowest BCUT2D eigenvalue weighted by atomic mass is 10.1. The van der Waals surface area contributed by atoms with Crippen molar-refractivity contribution in [2.45, 2.75) is 44.9 Å². The first-order valence-electron chi connectivity index (χ1n) is 6.26. The highest BCUT2D eigenvalue weighted by Crippen LogP contribution is 2.21. The monoisotopic (exact) mass is 275 g/mol. The van der Waals surface area contributed by atoms with Crippen molar-refractivity contribution >= 4 is 0 Å². The molecule has 0 aliphatic carbocycles. The lowest BCUT2D eigenvalue weighted by Gasteiger charge is -2.21. The molecule has 0 spiro atoms. The second kappa shape index (κ2) is 6.80. The Morgan fingerprint density at radius 2 is 1.68 bits per heavy atom. The van der Waals surface area contributed by atoms with Gasteiger partial charge >= 0.3 is 6.18 Å². The molecule has 1 aromatic carbocycles. The molecule has 2 atom stereocenters. The summed E-state index contributed by atoms with van der Waals surface area (Å²) in [6.07, 6.45) is -4.24. The van der Waals surface area contributed by atoms with Crippen LogP contribution in [-0.4, -0.2) is 25.4 Å². The molecule has 2 nitrogen and oxygen atoms in total. The van der Waals surface area contributed by atoms with Crippen LogP contribution >= 0.6 is 0 Å². The molecule has 0 amide bonds. The van der Waals surface area contributed by atoms with Crippen LogP contribution in [-0.2, 0) is 6.42 Å². The third-order valence-corrected chi connectivity index (χ3v) is 2.81. The SMILES string of the molecule is COc1ccc(CC(C)NC(C)CC(F)(F)F)cc1. The van der Waals surface area contributed by atoms with Crippen molar-refractivity contribution in [2.75, 3.05) is 7.11 Å². The fourth-order valence-electron chi connectivity index (χ4n) is 2.07. The topological polar surface area (TPSA) is 21.3 Å². The van der Waals surface area contributed by atoms with Crippen LogP contribution in [0.15, 0.2) is 24.3 Å². The van der Waals surface area contributed by atoms with Crippen LogP contribution in [0.4, 0.5) is 13.2 Å². The minimum Gasteiger partial charge on any atom is -0.497 e. The van der Waals surface area contributed by atoms with Crippen LogP contribution in [0, 0.1) is 0 Å². The average molecular weight is 275 g/mol. The second-order valence-electron chi connectivity index (χ2n) is 4.84. The van der Waals surface area contributed by atoms with Crippen molar-refractivity contribution < 1.29 is 17.9 Å². The first-order chi connectivity index (χ1) is 8.80. The van der Waals surface area contributed by atoms with Crippen LogP contribution in [0.25, 0.3) is 0 Å². The predicted octanol–water partition coefficient (Wildman–Crippen LogP) is 3.56. The molecule has 0 fully saturated rings. The minimum atomic E-state index is -4.12. The summed E-state index contributed by atoms with van der Waals surface area (Å²) in [5.74, 6) is 0.773. The number of alkyl halides is 3. The summed E-state index contributed by atoms with van der Waals surface area (Å²) >= 11 is 0. The fraction of sp³-hybridized carbons (Fsp3) is 0.571. The van der Waals surface area contributed by atoms with Crippen LogP contribution in [0.2, 0.25) is 0 Å². The predicted molar refractivity (Wildman–Crippen MR) is 69.4 cm³/mol. The molecule has 0 aliphatic heterocycles. The number of nitrogens with one attached hydrogen (secondary N) is 1. The Balaban J connectivity index is 2.43. The van der Waals surface area contributed by atoms with Gasteiger partial charge in [0.15, 0.2) is 0 Å². The summed E-state index contributed by atoms with van der Waals surface area (Å²) in [6, 6.07) is 6.96. The van der Waals surface area contributed by atoms with Crippen LogP contribution < -0.4 is 10.1 Å². The molecule has 0 radical (unpaired) electrons. The molecule has 1 N–H and O–H groups in total. The highest BCUT2D eigenvalue weighted by molar-refractivity contribution is 5.27. The van der Waals surface area contributed by atoms with Crippen molar-refractivity contribution in [3.8, 4) is 5.75 Å². The Kier molecular flexibility index (Phi) is 5.66. The van der Waals surface area contributed by atoms with E-state index in [1.54, 1.807) is 14.0 Å². The Morgan fingerprint density at radius 1 is 1.11 bits per heavy atom. The van der Waals surface area contributed by atoms with E-state index in [1.807, 2.05) is 31.2 Å². The second-order valence-corrected chi connectivity index (χ2v) is 4.84. The Hall–Kier alpha value is -1.23. The Labute approximate surface area is 112 Å². The molecular weight excluding hydrogens is 255 g/mol. The molecular formula is C14H20F3NO. The average Bonchev–Trinajstić information content (AvgIpc) is 2.27. The molecule has 0 saturated heterocycles. The normalized spacial score (nSPS) is 15.1. The summed E-state index contributed by atoms with van der Waals surface area (Å²) < 4.78 is 41.7. The molecule has 0 aliphatic rings. The summed E-state index contributed by atoms with van der Waals surface area (Å²) in [5, 5.41) is 2.96. The van der Waals surface area contributed by atoms with Gasteiger partial charge in [0.25, 0.3) is 0 Å². The maximum Gasteiger partial charge on any atom is 0.390 e. The lowest BCUT2D eigenvalue weighted by molar-refractivity contribution is -0.139. The summed E-state index contributed by atoms with van der Waals surface area (Å²) in [5.41, 5.74) is 1.07. The van der Waals surface area contributed by atoms with Crippen molar-refractivity contribution in [3.63, 3.8) is 0 Å². The maximum absolute atomic E-state index is 12.2. The van der Waals surface area contributed by atoms with E-state index >= 15 is 0 Å². The van der Waals surface area contributed by atoms with Crippen LogP contribution in [0.3, 0.4) is 0 Å². The zero-order valence-corrected chi connectivity index (χ0v) is 11.4. The van der Waals surface area contributed by atoms with E-state index in [0.717, 1.165) is 11.3 Å². The van der Waals surface area contributed by atoms with Crippen molar-refractivity contribution in [1.82, 2.24) is 5.32 Å². The number of methoxy groups -OCH3 is 1. The molecule has 108 valence electrons. The molecule has 0 bridgehead atoms. The van der Waals surface area contributed by atoms with E-state index in [4.69, 9.17) is 4.74 Å². The molecule has 0 aromatic heterocycles. The fourth-order valence-corrected chi connectivity index (χ4v) is 2.07. The number of ether oxygens (including phenoxy) is 1. The van der Waals surface area contributed by atoms with Crippen molar-refractivity contribution in [1.29, 1.82) is 0 Å². The van der Waals surface area contributed by atoms with E-state index < -0.39 is 18.6 Å². The largest absolute Gasteiger partial charge is 0.497 e. The van der Waals surface area contributed by atoms with Gasteiger partial charge < -0.3 is 10.1 Å². The minimum absolute atomic E-state index is 0.00857. The number of halogens is 3. The standard InChI is InChI=1S/C14H20F3NO/c1-10(18-11(2)9-14(15,16)17)8-12-4-6-13(19-3)7-5-12/h4-7,10-11,18H,8-9H2,1-3H3. The first-order valence-corrected chi connectivity index (χ1v) is 6.26. The van der Waals surface area contributed by atoms with Crippen LogP contribution in [0.1, 0.15) is 25.8 Å². The summed E-state index contributed by atoms with van der Waals surface area (Å²) in [4.78, 5) is 0. The molecule has 0 heterocycles. The van der Waals surface area contributed by atoms with Gasteiger partial charge in [-0.15, -0.1) is 0 Å². The van der Waals surface area contributed by atoms with Gasteiger partial charge in [-0.3, -0.25) is 0 Å². The van der Waals surface area contributed by atoms with Gasteiger partial charge in [0.1, 0.15) is 5.75 Å². The molecule has 0 saturated carbocycles. The van der Waals surface area contributed by atoms with Crippen molar-refractivity contribution in [3.05, 3.63) is 29.8 Å². The summed E-state index contributed by atoms with van der Waals surface area (Å²) in [7, 11) is 1.60. The maximum atomic E-state index is 12.2.